The van der Waals surface area contributed by atoms with Crippen LogP contribution in [0.1, 0.15) is 56.8 Å². The van der Waals surface area contributed by atoms with Gasteiger partial charge in [-0.2, -0.15) is 0 Å². The fourth-order valence-electron chi connectivity index (χ4n) is 2.70. The van der Waals surface area contributed by atoms with Crippen LogP contribution in [0.5, 0.6) is 0 Å². The second-order valence-corrected chi connectivity index (χ2v) is 8.07. The van der Waals surface area contributed by atoms with E-state index in [4.69, 9.17) is 9.47 Å². The summed E-state index contributed by atoms with van der Waals surface area (Å²) in [5.41, 5.74) is 2.18. The average Bonchev–Trinajstić information content (AvgIpc) is 2.79. The van der Waals surface area contributed by atoms with Crippen LogP contribution in [0.3, 0.4) is 0 Å². The Morgan fingerprint density at radius 3 is 1.77 bits per heavy atom. The Morgan fingerprint density at radius 2 is 1.32 bits per heavy atom. The number of carbonyl (C=O) groups excluding carboxylic acids is 1. The van der Waals surface area contributed by atoms with E-state index in [9.17, 15) is 4.79 Å². The molecule has 0 N–H and O–H groups in total. The molecule has 0 radical (unpaired) electrons. The van der Waals surface area contributed by atoms with E-state index >= 15 is 0 Å². The minimum atomic E-state index is 0.279. The first-order valence-corrected chi connectivity index (χ1v) is 12.3. The van der Waals surface area contributed by atoms with E-state index in [-0.39, 0.29) is 5.78 Å². The Labute approximate surface area is 196 Å². The zero-order valence-electron chi connectivity index (χ0n) is 18.8. The number of aromatic nitrogens is 2. The van der Waals surface area contributed by atoms with Crippen molar-refractivity contribution in [2.45, 2.75) is 58.3 Å². The van der Waals surface area contributed by atoms with Crippen molar-refractivity contribution in [2.24, 2.45) is 0 Å². The van der Waals surface area contributed by atoms with Crippen LogP contribution in [0, 0.1) is 0 Å². The van der Waals surface area contributed by atoms with Crippen molar-refractivity contribution in [3.63, 3.8) is 0 Å². The maximum absolute atomic E-state index is 10.7. The highest BCUT2D eigenvalue weighted by atomic mass is 79.9. The van der Waals surface area contributed by atoms with Gasteiger partial charge in [-0.05, 0) is 56.9 Å². The SMILES string of the molecule is BrCCCCOCCc1ccccn1.CC(=O)CCCCCOCCc1ccccn1. The normalized spacial score (nSPS) is 10.4. The third-order valence-corrected chi connectivity index (χ3v) is 5.01. The van der Waals surface area contributed by atoms with Gasteiger partial charge in [0.25, 0.3) is 0 Å². The number of alkyl halides is 1. The van der Waals surface area contributed by atoms with Crippen molar-refractivity contribution in [1.29, 1.82) is 0 Å². The molecule has 0 atom stereocenters. The highest BCUT2D eigenvalue weighted by Crippen LogP contribution is 2.02. The van der Waals surface area contributed by atoms with Crippen molar-refractivity contribution >= 4 is 21.7 Å². The summed E-state index contributed by atoms with van der Waals surface area (Å²) >= 11 is 3.39. The fourth-order valence-corrected chi connectivity index (χ4v) is 3.10. The van der Waals surface area contributed by atoms with Crippen LogP contribution < -0.4 is 0 Å². The summed E-state index contributed by atoms with van der Waals surface area (Å²) in [6, 6.07) is 11.9. The Morgan fingerprint density at radius 1 is 0.774 bits per heavy atom. The summed E-state index contributed by atoms with van der Waals surface area (Å²) in [7, 11) is 0. The minimum Gasteiger partial charge on any atom is -0.381 e. The lowest BCUT2D eigenvalue weighted by molar-refractivity contribution is -0.117. The van der Waals surface area contributed by atoms with E-state index in [1.807, 2.05) is 42.6 Å². The van der Waals surface area contributed by atoms with E-state index in [1.54, 1.807) is 13.1 Å². The van der Waals surface area contributed by atoms with Gasteiger partial charge in [-0.1, -0.05) is 34.5 Å². The van der Waals surface area contributed by atoms with Gasteiger partial charge in [-0.15, -0.1) is 0 Å². The molecule has 0 aromatic carbocycles. The van der Waals surface area contributed by atoms with Crippen LogP contribution in [0.15, 0.2) is 48.8 Å². The van der Waals surface area contributed by atoms with Crippen LogP contribution in [0.4, 0.5) is 0 Å². The highest BCUT2D eigenvalue weighted by molar-refractivity contribution is 9.09. The number of hydrogen-bond donors (Lipinski definition) is 0. The number of nitrogens with zero attached hydrogens (tertiary/aromatic N) is 2. The van der Waals surface area contributed by atoms with Crippen LogP contribution in [0.25, 0.3) is 0 Å². The van der Waals surface area contributed by atoms with Gasteiger partial charge in [0.05, 0.1) is 13.2 Å². The van der Waals surface area contributed by atoms with Crippen LogP contribution in [-0.4, -0.2) is 47.5 Å². The quantitative estimate of drug-likeness (QED) is 0.225. The molecule has 0 aliphatic heterocycles. The molecule has 0 fully saturated rings. The van der Waals surface area contributed by atoms with Gasteiger partial charge in [0.15, 0.2) is 0 Å². The lowest BCUT2D eigenvalue weighted by atomic mass is 10.1. The molecule has 0 aliphatic carbocycles. The van der Waals surface area contributed by atoms with Gasteiger partial charge in [0, 0.05) is 61.6 Å². The van der Waals surface area contributed by atoms with Crippen molar-refractivity contribution in [1.82, 2.24) is 9.97 Å². The maximum Gasteiger partial charge on any atom is 0.129 e. The summed E-state index contributed by atoms with van der Waals surface area (Å²) in [6.07, 6.45) is 11.5. The number of hydrogen-bond acceptors (Lipinski definition) is 5. The molecular weight excluding hydrogens is 456 g/mol. The number of pyridine rings is 2. The molecule has 0 saturated carbocycles. The maximum atomic E-state index is 10.7. The third-order valence-electron chi connectivity index (χ3n) is 4.45. The molecule has 2 aromatic rings. The number of halogens is 1. The van der Waals surface area contributed by atoms with E-state index < -0.39 is 0 Å². The van der Waals surface area contributed by atoms with Gasteiger partial charge in [0.1, 0.15) is 5.78 Å². The number of carbonyl (C=O) groups is 1. The van der Waals surface area contributed by atoms with Crippen molar-refractivity contribution in [3.05, 3.63) is 60.2 Å². The largest absolute Gasteiger partial charge is 0.381 e. The lowest BCUT2D eigenvalue weighted by Crippen LogP contribution is -2.01. The molecule has 2 heterocycles. The Balaban J connectivity index is 0.000000316. The molecule has 0 unspecified atom stereocenters. The van der Waals surface area contributed by atoms with Crippen molar-refractivity contribution < 1.29 is 14.3 Å². The van der Waals surface area contributed by atoms with Gasteiger partial charge >= 0.3 is 0 Å². The molecule has 2 rings (SSSR count). The minimum absolute atomic E-state index is 0.279. The van der Waals surface area contributed by atoms with Crippen molar-refractivity contribution in [2.75, 3.05) is 31.8 Å². The van der Waals surface area contributed by atoms with Crippen LogP contribution in [0.2, 0.25) is 0 Å². The van der Waals surface area contributed by atoms with E-state index in [2.05, 4.69) is 25.9 Å². The predicted octanol–water partition coefficient (Wildman–Crippen LogP) is 5.61. The second kappa shape index (κ2) is 20.3. The predicted molar refractivity (Wildman–Crippen MR) is 130 cm³/mol. The number of Topliss-reactive ketones (excluding diaryl/α,β-unsaturated/α-hetero) is 1. The standard InChI is InChI=1S/C14H21NO2.C11H16BrNO/c1-13(16)7-3-2-6-11-17-12-9-14-8-4-5-10-15-14;12-7-2-4-9-14-10-6-11-5-1-3-8-13-11/h4-5,8,10H,2-3,6-7,9,11-12H2,1H3;1,3,5,8H,2,4,6-7,9-10H2. The number of rotatable bonds is 16. The molecule has 172 valence electrons. The van der Waals surface area contributed by atoms with Gasteiger partial charge in [0.2, 0.25) is 0 Å². The molecule has 0 bridgehead atoms. The number of ether oxygens (including phenoxy) is 2. The van der Waals surface area contributed by atoms with E-state index in [1.165, 1.54) is 6.42 Å². The summed E-state index contributed by atoms with van der Waals surface area (Å²) in [5, 5.41) is 1.07. The Bertz CT molecular complexity index is 656. The summed E-state index contributed by atoms with van der Waals surface area (Å²) < 4.78 is 11.0. The van der Waals surface area contributed by atoms with Gasteiger partial charge in [-0.25, -0.2) is 0 Å². The number of unbranched alkanes of at least 4 members (excludes halogenated alkanes) is 3. The average molecular weight is 493 g/mol. The Kier molecular flexibility index (Phi) is 17.9. The van der Waals surface area contributed by atoms with Crippen molar-refractivity contribution in [3.8, 4) is 0 Å². The molecular formula is C25H37BrN2O3. The molecule has 0 amide bonds. The van der Waals surface area contributed by atoms with Crippen LogP contribution >= 0.6 is 15.9 Å². The second-order valence-electron chi connectivity index (χ2n) is 7.28. The van der Waals surface area contributed by atoms with Crippen LogP contribution in [-0.2, 0) is 27.1 Å². The Hall–Kier alpha value is -1.63. The lowest BCUT2D eigenvalue weighted by Gasteiger charge is -2.03. The smallest absolute Gasteiger partial charge is 0.129 e. The van der Waals surface area contributed by atoms with E-state index in [0.717, 1.165) is 81.7 Å². The third kappa shape index (κ3) is 17.7. The van der Waals surface area contributed by atoms with E-state index in [0.29, 0.717) is 6.42 Å². The fraction of sp³-hybridized carbons (Fsp3) is 0.560. The molecule has 31 heavy (non-hydrogen) atoms. The molecule has 6 heteroatoms. The molecule has 0 aliphatic rings. The first kappa shape index (κ1) is 27.4. The topological polar surface area (TPSA) is 61.3 Å². The number of ketones is 1. The molecule has 0 saturated heterocycles. The summed E-state index contributed by atoms with van der Waals surface area (Å²) in [4.78, 5) is 19.2. The zero-order valence-corrected chi connectivity index (χ0v) is 20.4. The first-order valence-electron chi connectivity index (χ1n) is 11.2. The highest BCUT2D eigenvalue weighted by Gasteiger charge is 1.96. The summed E-state index contributed by atoms with van der Waals surface area (Å²) in [5.74, 6) is 0.279. The van der Waals surface area contributed by atoms with Gasteiger partial charge in [-0.3, -0.25) is 9.97 Å². The summed E-state index contributed by atoms with van der Waals surface area (Å²) in [6.45, 7) is 4.79. The molecule has 2 aromatic heterocycles. The monoisotopic (exact) mass is 492 g/mol. The first-order chi connectivity index (χ1) is 15.2. The zero-order chi connectivity index (χ0) is 22.4. The molecule has 0 spiro atoms. The molecule has 5 nitrogen and oxygen atoms in total. The van der Waals surface area contributed by atoms with Gasteiger partial charge < -0.3 is 14.3 Å².